The number of alkyl halides is 3. The number of fused-ring (bicyclic) bond motifs is 1. The summed E-state index contributed by atoms with van der Waals surface area (Å²) in [6, 6.07) is 17.6. The van der Waals surface area contributed by atoms with Crippen molar-refractivity contribution in [1.82, 2.24) is 14.3 Å². The van der Waals surface area contributed by atoms with E-state index in [2.05, 4.69) is 9.97 Å². The third-order valence-electron chi connectivity index (χ3n) is 9.97. The van der Waals surface area contributed by atoms with E-state index in [0.717, 1.165) is 42.7 Å². The molecule has 3 heterocycles. The highest BCUT2D eigenvalue weighted by atomic mass is 32.2. The molecule has 1 fully saturated rings. The van der Waals surface area contributed by atoms with Crippen LogP contribution in [0.5, 0.6) is 17.2 Å². The van der Waals surface area contributed by atoms with Gasteiger partial charge in [-0.2, -0.15) is 21.9 Å². The number of rotatable bonds is 11. The lowest BCUT2D eigenvalue weighted by Crippen LogP contribution is -2.46. The van der Waals surface area contributed by atoms with Gasteiger partial charge in [0.1, 0.15) is 17.6 Å². The Morgan fingerprint density at radius 2 is 1.46 bits per heavy atom. The molecule has 0 saturated carbocycles. The number of nitrogens with zero attached hydrogens (tertiary/aromatic N) is 2. The fourth-order valence-electron chi connectivity index (χ4n) is 6.84. The number of hydrogen-bond acceptors (Lipinski definition) is 8. The van der Waals surface area contributed by atoms with E-state index in [1.54, 1.807) is 48.5 Å². The number of pyridine rings is 2. The number of benzene rings is 3. The summed E-state index contributed by atoms with van der Waals surface area (Å²) in [5.41, 5.74) is -2.83. The Morgan fingerprint density at radius 1 is 0.889 bits per heavy atom. The van der Waals surface area contributed by atoms with E-state index in [0.29, 0.717) is 22.6 Å². The first-order chi connectivity index (χ1) is 25.5. The van der Waals surface area contributed by atoms with Crippen LogP contribution in [0.2, 0.25) is 0 Å². The molecule has 5 aromatic rings. The molecule has 0 spiro atoms. The number of aromatic amines is 1. The van der Waals surface area contributed by atoms with Gasteiger partial charge in [0.15, 0.2) is 27.6 Å². The van der Waals surface area contributed by atoms with E-state index in [4.69, 9.17) is 18.9 Å². The summed E-state index contributed by atoms with van der Waals surface area (Å²) in [6.45, 7) is 1.83. The van der Waals surface area contributed by atoms with Crippen LogP contribution in [0.15, 0.2) is 88.8 Å². The molecule has 1 saturated heterocycles. The highest BCUT2D eigenvalue weighted by molar-refractivity contribution is 7.89. The quantitative estimate of drug-likeness (QED) is 0.138. The van der Waals surface area contributed by atoms with Crippen molar-refractivity contribution in [2.45, 2.75) is 55.8 Å². The molecular weight excluding hydrogens is 737 g/mol. The second-order valence-electron chi connectivity index (χ2n) is 13.0. The fraction of sp³-hybridized carbons (Fsp3) is 0.316. The summed E-state index contributed by atoms with van der Waals surface area (Å²) in [5.74, 6) is -4.89. The SMILES string of the molecule is COc1ccc(CN(Cc2ccc(OC)cc2)S(=O)(=O)c2nccc3[nH]c([C@@H]4O[C@@](C)(C(F)(F)F)[C@@H](C)[C@H]4c4ccc(F)c(F)c4OC)cc(=O)c23)cc1. The molecule has 286 valence electrons. The number of sulfonamides is 1. The summed E-state index contributed by atoms with van der Waals surface area (Å²) in [5, 5.41) is -0.934. The number of halogens is 5. The van der Waals surface area contributed by atoms with Crippen molar-refractivity contribution >= 4 is 20.9 Å². The first-order valence-corrected chi connectivity index (χ1v) is 18.0. The Labute approximate surface area is 307 Å². The molecule has 2 aromatic heterocycles. The van der Waals surface area contributed by atoms with E-state index >= 15 is 0 Å². The van der Waals surface area contributed by atoms with Crippen molar-refractivity contribution in [3.63, 3.8) is 0 Å². The van der Waals surface area contributed by atoms with E-state index < -0.39 is 67.6 Å². The molecular formula is C38H36F5N3O7S. The Morgan fingerprint density at radius 3 is 1.98 bits per heavy atom. The van der Waals surface area contributed by atoms with Gasteiger partial charge in [-0.25, -0.2) is 17.8 Å². The Hall–Kier alpha value is -5.06. The number of nitrogens with one attached hydrogen (secondary N) is 1. The number of hydrogen-bond donors (Lipinski definition) is 1. The second kappa shape index (κ2) is 14.6. The van der Waals surface area contributed by atoms with Crippen molar-refractivity contribution in [1.29, 1.82) is 0 Å². The molecule has 6 rings (SSSR count). The van der Waals surface area contributed by atoms with Gasteiger partial charge in [-0.1, -0.05) is 37.3 Å². The molecule has 0 radical (unpaired) electrons. The lowest BCUT2D eigenvalue weighted by molar-refractivity contribution is -0.275. The normalized spacial score (nSPS) is 20.4. The summed E-state index contributed by atoms with van der Waals surface area (Å²) >= 11 is 0. The molecule has 3 aromatic carbocycles. The molecule has 54 heavy (non-hydrogen) atoms. The molecule has 10 nitrogen and oxygen atoms in total. The first-order valence-electron chi connectivity index (χ1n) is 16.6. The minimum atomic E-state index is -4.93. The minimum absolute atomic E-state index is 0.0622. The average Bonchev–Trinajstić information content (AvgIpc) is 3.43. The number of methoxy groups -OCH3 is 3. The molecule has 1 N–H and O–H groups in total. The standard InChI is InChI=1S/C38H36F5N3O7S/c1-21-31(26-14-15-27(39)33(40)34(26)52-5)35(53-37(21,2)38(41,42)43)29-18-30(47)32-28(45-29)16-17-44-36(32)54(48,49)46(19-22-6-10-24(50-3)11-7-22)20-23-8-12-25(51-4)13-9-23/h6-18,21,31,35H,19-20H2,1-5H3,(H,45,47)/t21-,31-,35-,37+/m0/s1. The summed E-state index contributed by atoms with van der Waals surface area (Å²) < 4.78 is 125. The van der Waals surface area contributed by atoms with Gasteiger partial charge in [-0.05, 0) is 54.4 Å². The molecule has 0 unspecified atom stereocenters. The van der Waals surface area contributed by atoms with E-state index in [-0.39, 0.29) is 35.2 Å². The van der Waals surface area contributed by atoms with Gasteiger partial charge in [-0.15, -0.1) is 0 Å². The van der Waals surface area contributed by atoms with Gasteiger partial charge in [0.25, 0.3) is 10.0 Å². The van der Waals surface area contributed by atoms with Crippen LogP contribution in [0, 0.1) is 17.6 Å². The van der Waals surface area contributed by atoms with Crippen molar-refractivity contribution in [3.05, 3.63) is 123 Å². The zero-order chi connectivity index (χ0) is 39.2. The van der Waals surface area contributed by atoms with Crippen LogP contribution in [0.1, 0.15) is 48.3 Å². The average molecular weight is 774 g/mol. The third-order valence-corrected chi connectivity index (χ3v) is 11.7. The molecule has 4 atom stereocenters. The van der Waals surface area contributed by atoms with Gasteiger partial charge in [0.2, 0.25) is 5.82 Å². The second-order valence-corrected chi connectivity index (χ2v) is 14.9. The van der Waals surface area contributed by atoms with Crippen molar-refractivity contribution in [2.24, 2.45) is 5.92 Å². The van der Waals surface area contributed by atoms with Crippen LogP contribution in [-0.4, -0.2) is 55.8 Å². The van der Waals surface area contributed by atoms with Crippen LogP contribution in [-0.2, 0) is 27.8 Å². The molecule has 1 aliphatic rings. The maximum atomic E-state index is 14.9. The predicted molar refractivity (Wildman–Crippen MR) is 188 cm³/mol. The van der Waals surface area contributed by atoms with Gasteiger partial charge in [0.05, 0.1) is 32.2 Å². The lowest BCUT2D eigenvalue weighted by atomic mass is 9.76. The third kappa shape index (κ3) is 6.89. The molecule has 0 aliphatic carbocycles. The van der Waals surface area contributed by atoms with E-state index in [1.807, 2.05) is 0 Å². The number of aromatic nitrogens is 2. The zero-order valence-electron chi connectivity index (χ0n) is 29.7. The largest absolute Gasteiger partial charge is 0.497 e. The summed E-state index contributed by atoms with van der Waals surface area (Å²) in [4.78, 5) is 21.1. The topological polar surface area (TPSA) is 120 Å². The summed E-state index contributed by atoms with van der Waals surface area (Å²) in [6.07, 6.45) is -5.34. The monoisotopic (exact) mass is 773 g/mol. The van der Waals surface area contributed by atoms with E-state index in [1.165, 1.54) is 27.2 Å². The summed E-state index contributed by atoms with van der Waals surface area (Å²) in [7, 11) is -0.510. The van der Waals surface area contributed by atoms with Crippen LogP contribution in [0.3, 0.4) is 0 Å². The van der Waals surface area contributed by atoms with Crippen molar-refractivity contribution in [3.8, 4) is 17.2 Å². The highest BCUT2D eigenvalue weighted by Gasteiger charge is 2.65. The van der Waals surface area contributed by atoms with Crippen LogP contribution in [0.25, 0.3) is 10.9 Å². The van der Waals surface area contributed by atoms with Gasteiger partial charge in [0, 0.05) is 48.4 Å². The van der Waals surface area contributed by atoms with Gasteiger partial charge >= 0.3 is 6.18 Å². The molecule has 0 amide bonds. The zero-order valence-corrected chi connectivity index (χ0v) is 30.5. The number of ether oxygens (including phenoxy) is 4. The van der Waals surface area contributed by atoms with Crippen molar-refractivity contribution < 1.29 is 49.3 Å². The molecule has 1 aliphatic heterocycles. The van der Waals surface area contributed by atoms with Crippen LogP contribution >= 0.6 is 0 Å². The predicted octanol–water partition coefficient (Wildman–Crippen LogP) is 7.43. The Balaban J connectivity index is 1.47. The first kappa shape index (κ1) is 38.7. The van der Waals surface area contributed by atoms with Crippen molar-refractivity contribution in [2.75, 3.05) is 21.3 Å². The lowest BCUT2D eigenvalue weighted by Gasteiger charge is -2.32. The minimum Gasteiger partial charge on any atom is -0.497 e. The fourth-order valence-corrected chi connectivity index (χ4v) is 8.38. The smallest absolute Gasteiger partial charge is 0.417 e. The van der Waals surface area contributed by atoms with Crippen LogP contribution < -0.4 is 19.6 Å². The number of H-pyrrole nitrogens is 1. The van der Waals surface area contributed by atoms with Gasteiger partial charge < -0.3 is 23.9 Å². The molecule has 0 bridgehead atoms. The van der Waals surface area contributed by atoms with Gasteiger partial charge in [-0.3, -0.25) is 4.79 Å². The maximum absolute atomic E-state index is 14.9. The van der Waals surface area contributed by atoms with E-state index in [9.17, 15) is 35.2 Å². The Bertz CT molecular complexity index is 2290. The Kier molecular flexibility index (Phi) is 10.5. The highest BCUT2D eigenvalue weighted by Crippen LogP contribution is 2.59. The maximum Gasteiger partial charge on any atom is 0.417 e. The van der Waals surface area contributed by atoms with Crippen LogP contribution in [0.4, 0.5) is 22.0 Å². The molecule has 16 heteroatoms.